The predicted octanol–water partition coefficient (Wildman–Crippen LogP) is 7.88. The molecule has 0 aliphatic carbocycles. The summed E-state index contributed by atoms with van der Waals surface area (Å²) in [5.41, 5.74) is 2.43. The van der Waals surface area contributed by atoms with Gasteiger partial charge in [0.15, 0.2) is 0 Å². The van der Waals surface area contributed by atoms with Crippen molar-refractivity contribution in [2.45, 2.75) is 24.6 Å². The molecule has 0 bridgehead atoms. The molecule has 2 atom stereocenters. The number of ether oxygens (including phenoxy) is 1. The first-order valence-corrected chi connectivity index (χ1v) is 13.2. The number of likely N-dealkylation sites (N-methyl/N-ethyl adjacent to an activating group) is 1. The minimum Gasteiger partial charge on any atom is -0.495 e. The molecule has 1 N–H and O–H groups in total. The number of halogens is 4. The van der Waals surface area contributed by atoms with Crippen molar-refractivity contribution >= 4 is 23.2 Å². The number of nitrogens with one attached hydrogen (secondary N) is 1. The highest BCUT2D eigenvalue weighted by atomic mass is 35.5. The molecule has 4 nitrogen and oxygen atoms in total. The van der Waals surface area contributed by atoms with E-state index in [4.69, 9.17) is 16.3 Å². The lowest BCUT2D eigenvalue weighted by Crippen LogP contribution is -2.39. The van der Waals surface area contributed by atoms with Crippen LogP contribution < -0.4 is 15.0 Å². The van der Waals surface area contributed by atoms with Crippen LogP contribution in [0, 0.1) is 0 Å². The molecule has 0 heterocycles. The minimum absolute atomic E-state index is 0.128. The van der Waals surface area contributed by atoms with Gasteiger partial charge in [0, 0.05) is 18.7 Å². The zero-order valence-electron chi connectivity index (χ0n) is 22.2. The molecule has 0 unspecified atom stereocenters. The topological polar surface area (TPSA) is 41.6 Å². The number of hydrogen-bond acceptors (Lipinski definition) is 3. The zero-order valence-corrected chi connectivity index (χ0v) is 22.9. The van der Waals surface area contributed by atoms with Gasteiger partial charge in [-0.05, 0) is 66.1 Å². The lowest BCUT2D eigenvalue weighted by Gasteiger charge is -2.26. The van der Waals surface area contributed by atoms with Gasteiger partial charge in [0.1, 0.15) is 11.8 Å². The second-order valence-electron chi connectivity index (χ2n) is 9.39. The third kappa shape index (κ3) is 7.03. The molecule has 0 saturated carbocycles. The maximum absolute atomic E-state index is 13.6. The summed E-state index contributed by atoms with van der Waals surface area (Å²) in [6, 6.07) is 28.7. The van der Waals surface area contributed by atoms with Crippen LogP contribution in [-0.2, 0) is 11.0 Å². The molecule has 0 aromatic heterocycles. The molecule has 4 aromatic carbocycles. The molecule has 0 aliphatic rings. The number of anilines is 1. The minimum atomic E-state index is -4.42. The molecule has 0 spiro atoms. The smallest absolute Gasteiger partial charge is 0.416 e. The molecule has 208 valence electrons. The van der Waals surface area contributed by atoms with Crippen LogP contribution in [0.5, 0.6) is 5.75 Å². The van der Waals surface area contributed by atoms with Crippen LogP contribution in [0.4, 0.5) is 18.9 Å². The Bertz CT molecular complexity index is 1400. The van der Waals surface area contributed by atoms with E-state index in [9.17, 15) is 18.0 Å². The second-order valence-corrected chi connectivity index (χ2v) is 9.79. The molecule has 4 aromatic rings. The van der Waals surface area contributed by atoms with E-state index in [2.05, 4.69) is 5.32 Å². The quantitative estimate of drug-likeness (QED) is 0.212. The standard InChI is InChI=1S/C32H30ClF3N2O2/c1-38(26-11-7-4-8-12-26)31(39)30(23-9-5-3-6-10-23)37-20-19-27(24-15-18-28(33)29(21-24)40-2)22-13-16-25(17-14-22)32(34,35)36/h3-18,21,27,30,37H,19-20H2,1-2H3/t27-,30+/m0/s1. The van der Waals surface area contributed by atoms with Gasteiger partial charge in [-0.15, -0.1) is 0 Å². The molecule has 1 amide bonds. The fourth-order valence-electron chi connectivity index (χ4n) is 4.66. The highest BCUT2D eigenvalue weighted by Gasteiger charge is 2.30. The first-order valence-electron chi connectivity index (χ1n) is 12.8. The Hall–Kier alpha value is -3.81. The third-order valence-electron chi connectivity index (χ3n) is 6.85. The molecule has 4 rings (SSSR count). The number of methoxy groups -OCH3 is 1. The Balaban J connectivity index is 1.61. The summed E-state index contributed by atoms with van der Waals surface area (Å²) >= 11 is 6.24. The maximum Gasteiger partial charge on any atom is 0.416 e. The monoisotopic (exact) mass is 566 g/mol. The molecule has 0 fully saturated rings. The first-order chi connectivity index (χ1) is 19.2. The molecule has 40 heavy (non-hydrogen) atoms. The number of amides is 1. The number of nitrogens with zero attached hydrogens (tertiary/aromatic N) is 1. The van der Waals surface area contributed by atoms with Gasteiger partial charge < -0.3 is 15.0 Å². The fourth-order valence-corrected chi connectivity index (χ4v) is 4.86. The van der Waals surface area contributed by atoms with E-state index in [-0.39, 0.29) is 11.8 Å². The van der Waals surface area contributed by atoms with Crippen molar-refractivity contribution in [1.29, 1.82) is 0 Å². The fraction of sp³-hybridized carbons (Fsp3) is 0.219. The van der Waals surface area contributed by atoms with Crippen LogP contribution in [0.2, 0.25) is 5.02 Å². The van der Waals surface area contributed by atoms with Crippen LogP contribution in [-0.4, -0.2) is 26.6 Å². The average Bonchev–Trinajstić information content (AvgIpc) is 2.97. The first kappa shape index (κ1) is 29.2. The molecular weight excluding hydrogens is 537 g/mol. The van der Waals surface area contributed by atoms with Gasteiger partial charge in [0.2, 0.25) is 5.91 Å². The summed E-state index contributed by atoms with van der Waals surface area (Å²) in [5, 5.41) is 3.84. The summed E-state index contributed by atoms with van der Waals surface area (Å²) in [6.07, 6.45) is -3.92. The van der Waals surface area contributed by atoms with Crippen LogP contribution in [0.15, 0.2) is 103 Å². The van der Waals surface area contributed by atoms with E-state index in [1.807, 2.05) is 66.7 Å². The molecule has 0 radical (unpaired) electrons. The number of para-hydroxylation sites is 1. The lowest BCUT2D eigenvalue weighted by molar-refractivity contribution is -0.137. The molecule has 0 aliphatic heterocycles. The highest BCUT2D eigenvalue weighted by Crippen LogP contribution is 2.36. The number of carbonyl (C=O) groups excluding carboxylic acids is 1. The van der Waals surface area contributed by atoms with Gasteiger partial charge >= 0.3 is 6.18 Å². The number of hydrogen-bond donors (Lipinski definition) is 1. The summed E-state index contributed by atoms with van der Waals surface area (Å²) in [4.78, 5) is 15.3. The van der Waals surface area contributed by atoms with Crippen molar-refractivity contribution in [2.24, 2.45) is 0 Å². The maximum atomic E-state index is 13.6. The summed E-state index contributed by atoms with van der Waals surface area (Å²) in [5.74, 6) is 0.0711. The van der Waals surface area contributed by atoms with E-state index < -0.39 is 17.8 Å². The van der Waals surface area contributed by atoms with Crippen molar-refractivity contribution in [1.82, 2.24) is 5.32 Å². The molecule has 8 heteroatoms. The average molecular weight is 567 g/mol. The van der Waals surface area contributed by atoms with Gasteiger partial charge in [0.05, 0.1) is 17.7 Å². The van der Waals surface area contributed by atoms with Crippen LogP contribution in [0.1, 0.15) is 40.6 Å². The summed E-state index contributed by atoms with van der Waals surface area (Å²) in [6.45, 7) is 0.407. The number of benzene rings is 4. The predicted molar refractivity (Wildman–Crippen MR) is 153 cm³/mol. The van der Waals surface area contributed by atoms with E-state index in [0.717, 1.165) is 28.9 Å². The van der Waals surface area contributed by atoms with Crippen LogP contribution in [0.3, 0.4) is 0 Å². The van der Waals surface area contributed by atoms with Crippen molar-refractivity contribution < 1.29 is 22.7 Å². The van der Waals surface area contributed by atoms with Crippen LogP contribution >= 0.6 is 11.6 Å². The van der Waals surface area contributed by atoms with Gasteiger partial charge in [-0.1, -0.05) is 78.3 Å². The van der Waals surface area contributed by atoms with E-state index in [0.29, 0.717) is 29.3 Å². The Morgan fingerprint density at radius 1 is 0.875 bits per heavy atom. The van der Waals surface area contributed by atoms with Gasteiger partial charge in [-0.25, -0.2) is 0 Å². The SMILES string of the molecule is COc1cc([C@@H](CCN[C@@H](C(=O)N(C)c2ccccc2)c2ccccc2)c2ccc(C(F)(F)F)cc2)ccc1Cl. The van der Waals surface area contributed by atoms with Crippen LogP contribution in [0.25, 0.3) is 0 Å². The van der Waals surface area contributed by atoms with Crippen molar-refractivity contribution in [2.75, 3.05) is 25.6 Å². The van der Waals surface area contributed by atoms with Gasteiger partial charge in [-0.2, -0.15) is 13.2 Å². The zero-order chi connectivity index (χ0) is 28.7. The number of alkyl halides is 3. The lowest BCUT2D eigenvalue weighted by atomic mass is 9.87. The Morgan fingerprint density at radius 3 is 2.08 bits per heavy atom. The van der Waals surface area contributed by atoms with E-state index >= 15 is 0 Å². The summed E-state index contributed by atoms with van der Waals surface area (Å²) < 4.78 is 45.1. The van der Waals surface area contributed by atoms with E-state index in [1.165, 1.54) is 19.2 Å². The Kier molecular flexibility index (Phi) is 9.50. The van der Waals surface area contributed by atoms with Crippen molar-refractivity contribution in [3.8, 4) is 5.75 Å². The Labute approximate surface area is 237 Å². The van der Waals surface area contributed by atoms with Gasteiger partial charge in [-0.3, -0.25) is 4.79 Å². The number of rotatable bonds is 10. The summed E-state index contributed by atoms with van der Waals surface area (Å²) in [7, 11) is 3.25. The van der Waals surface area contributed by atoms with Crippen molar-refractivity contribution in [3.63, 3.8) is 0 Å². The normalized spacial score (nSPS) is 12.9. The van der Waals surface area contributed by atoms with E-state index in [1.54, 1.807) is 24.1 Å². The third-order valence-corrected chi connectivity index (χ3v) is 7.17. The van der Waals surface area contributed by atoms with Crippen molar-refractivity contribution in [3.05, 3.63) is 130 Å². The molecular formula is C32H30ClF3N2O2. The Morgan fingerprint density at radius 2 is 1.48 bits per heavy atom. The largest absolute Gasteiger partial charge is 0.495 e. The molecule has 0 saturated heterocycles. The highest BCUT2D eigenvalue weighted by molar-refractivity contribution is 6.32. The van der Waals surface area contributed by atoms with Gasteiger partial charge in [0.25, 0.3) is 0 Å². The number of carbonyl (C=O) groups is 1. The second kappa shape index (κ2) is 13.0.